The minimum absolute atomic E-state index is 0.0180. The van der Waals surface area contributed by atoms with E-state index in [0.717, 1.165) is 5.75 Å². The van der Waals surface area contributed by atoms with Crippen molar-refractivity contribution in [2.24, 2.45) is 0 Å². The van der Waals surface area contributed by atoms with E-state index >= 15 is 0 Å². The van der Waals surface area contributed by atoms with Gasteiger partial charge in [-0.25, -0.2) is 0 Å². The summed E-state index contributed by atoms with van der Waals surface area (Å²) in [5.74, 6) is 0.910. The van der Waals surface area contributed by atoms with E-state index < -0.39 is 0 Å². The SMILES string of the molecule is CC(=O)c1ccc(OC(=O)CCCOc2ccc(C(C)(C)C)cc2)cc1. The number of hydrogen-bond acceptors (Lipinski definition) is 4. The van der Waals surface area contributed by atoms with Crippen molar-refractivity contribution in [3.05, 3.63) is 59.7 Å². The molecule has 0 bridgehead atoms. The first kappa shape index (κ1) is 19.7. The molecule has 2 aromatic rings. The maximum absolute atomic E-state index is 11.9. The highest BCUT2D eigenvalue weighted by Gasteiger charge is 2.13. The van der Waals surface area contributed by atoms with Crippen LogP contribution in [-0.2, 0) is 10.2 Å². The van der Waals surface area contributed by atoms with Crippen molar-refractivity contribution >= 4 is 11.8 Å². The molecule has 0 radical (unpaired) electrons. The van der Waals surface area contributed by atoms with Crippen LogP contribution in [-0.4, -0.2) is 18.4 Å². The Morgan fingerprint density at radius 1 is 0.885 bits per heavy atom. The van der Waals surface area contributed by atoms with Gasteiger partial charge in [0.2, 0.25) is 0 Å². The Morgan fingerprint density at radius 2 is 1.46 bits per heavy atom. The molecule has 4 nitrogen and oxygen atoms in total. The van der Waals surface area contributed by atoms with Crippen molar-refractivity contribution in [2.75, 3.05) is 6.61 Å². The van der Waals surface area contributed by atoms with Crippen LogP contribution in [0.25, 0.3) is 0 Å². The molecule has 0 N–H and O–H groups in total. The second-order valence-electron chi connectivity index (χ2n) is 7.28. The Hall–Kier alpha value is -2.62. The van der Waals surface area contributed by atoms with E-state index in [2.05, 4.69) is 32.9 Å². The lowest BCUT2D eigenvalue weighted by Gasteiger charge is -2.19. The van der Waals surface area contributed by atoms with Crippen molar-refractivity contribution in [1.29, 1.82) is 0 Å². The fourth-order valence-corrected chi connectivity index (χ4v) is 2.40. The second kappa shape index (κ2) is 8.65. The van der Waals surface area contributed by atoms with Crippen LogP contribution < -0.4 is 9.47 Å². The van der Waals surface area contributed by atoms with E-state index in [0.29, 0.717) is 24.3 Å². The summed E-state index contributed by atoms with van der Waals surface area (Å²) in [6.45, 7) is 8.46. The zero-order valence-electron chi connectivity index (χ0n) is 15.9. The molecule has 0 aliphatic heterocycles. The Kier molecular flexibility index (Phi) is 6.56. The van der Waals surface area contributed by atoms with Crippen LogP contribution >= 0.6 is 0 Å². The smallest absolute Gasteiger partial charge is 0.311 e. The van der Waals surface area contributed by atoms with Crippen LogP contribution in [0.4, 0.5) is 0 Å². The minimum atomic E-state index is -0.313. The maximum Gasteiger partial charge on any atom is 0.311 e. The summed E-state index contributed by atoms with van der Waals surface area (Å²) >= 11 is 0. The molecule has 0 aliphatic carbocycles. The van der Waals surface area contributed by atoms with E-state index in [1.165, 1.54) is 12.5 Å². The van der Waals surface area contributed by atoms with Gasteiger partial charge in [-0.05, 0) is 60.7 Å². The van der Waals surface area contributed by atoms with E-state index in [-0.39, 0.29) is 23.6 Å². The quantitative estimate of drug-likeness (QED) is 0.305. The largest absolute Gasteiger partial charge is 0.494 e. The number of carbonyl (C=O) groups excluding carboxylic acids is 2. The fourth-order valence-electron chi connectivity index (χ4n) is 2.40. The molecule has 0 spiro atoms. The molecule has 0 aromatic heterocycles. The summed E-state index contributed by atoms with van der Waals surface area (Å²) in [4.78, 5) is 23.1. The van der Waals surface area contributed by atoms with Gasteiger partial charge in [-0.1, -0.05) is 32.9 Å². The van der Waals surface area contributed by atoms with Gasteiger partial charge in [0.25, 0.3) is 0 Å². The Balaban J connectivity index is 1.72. The van der Waals surface area contributed by atoms with Crippen LogP contribution in [0.15, 0.2) is 48.5 Å². The second-order valence-corrected chi connectivity index (χ2v) is 7.28. The molecule has 26 heavy (non-hydrogen) atoms. The average Bonchev–Trinajstić information content (AvgIpc) is 2.59. The van der Waals surface area contributed by atoms with Gasteiger partial charge in [0.15, 0.2) is 5.78 Å². The predicted octanol–water partition coefficient (Wildman–Crippen LogP) is 4.95. The van der Waals surface area contributed by atoms with Gasteiger partial charge in [0.1, 0.15) is 11.5 Å². The highest BCUT2D eigenvalue weighted by atomic mass is 16.5. The molecular weight excluding hydrogens is 328 g/mol. The topological polar surface area (TPSA) is 52.6 Å². The molecule has 0 amide bonds. The molecule has 0 aliphatic rings. The number of ether oxygens (including phenoxy) is 2. The molecule has 0 fully saturated rings. The van der Waals surface area contributed by atoms with Gasteiger partial charge in [0, 0.05) is 12.0 Å². The molecule has 0 saturated carbocycles. The van der Waals surface area contributed by atoms with Gasteiger partial charge in [-0.2, -0.15) is 0 Å². The summed E-state index contributed by atoms with van der Waals surface area (Å²) in [7, 11) is 0. The molecule has 2 aromatic carbocycles. The number of rotatable bonds is 7. The summed E-state index contributed by atoms with van der Waals surface area (Å²) < 4.78 is 10.9. The number of Topliss-reactive ketones (excluding diaryl/α,β-unsaturated/α-hetero) is 1. The third kappa shape index (κ3) is 6.03. The van der Waals surface area contributed by atoms with Gasteiger partial charge in [-0.3, -0.25) is 9.59 Å². The summed E-state index contributed by atoms with van der Waals surface area (Å²) in [6.07, 6.45) is 0.847. The van der Waals surface area contributed by atoms with Crippen molar-refractivity contribution < 1.29 is 19.1 Å². The van der Waals surface area contributed by atoms with Crippen LogP contribution in [0.2, 0.25) is 0 Å². The standard InChI is InChI=1S/C22H26O4/c1-16(23)17-7-11-20(12-8-17)26-21(24)6-5-15-25-19-13-9-18(10-14-19)22(2,3)4/h7-14H,5-6,15H2,1-4H3. The normalized spacial score (nSPS) is 11.1. The zero-order valence-corrected chi connectivity index (χ0v) is 15.9. The summed E-state index contributed by atoms with van der Waals surface area (Å²) in [5, 5.41) is 0. The van der Waals surface area contributed by atoms with Crippen molar-refractivity contribution in [2.45, 2.75) is 46.0 Å². The summed E-state index contributed by atoms with van der Waals surface area (Å²) in [5.41, 5.74) is 1.96. The van der Waals surface area contributed by atoms with Crippen molar-refractivity contribution in [3.8, 4) is 11.5 Å². The van der Waals surface area contributed by atoms with E-state index in [9.17, 15) is 9.59 Å². The number of esters is 1. The third-order valence-electron chi connectivity index (χ3n) is 4.01. The number of carbonyl (C=O) groups is 2. The predicted molar refractivity (Wildman–Crippen MR) is 102 cm³/mol. The number of ketones is 1. The lowest BCUT2D eigenvalue weighted by atomic mass is 9.87. The Labute approximate surface area is 155 Å². The molecule has 0 saturated heterocycles. The third-order valence-corrected chi connectivity index (χ3v) is 4.01. The molecular formula is C22H26O4. The molecule has 0 atom stereocenters. The highest BCUT2D eigenvalue weighted by Crippen LogP contribution is 2.24. The first-order valence-corrected chi connectivity index (χ1v) is 8.81. The van der Waals surface area contributed by atoms with E-state index in [1.807, 2.05) is 12.1 Å². The molecule has 0 unspecified atom stereocenters. The van der Waals surface area contributed by atoms with Crippen LogP contribution in [0, 0.1) is 0 Å². The molecule has 0 heterocycles. The van der Waals surface area contributed by atoms with Crippen molar-refractivity contribution in [1.82, 2.24) is 0 Å². The fraction of sp³-hybridized carbons (Fsp3) is 0.364. The lowest BCUT2D eigenvalue weighted by molar-refractivity contribution is -0.134. The first-order chi connectivity index (χ1) is 12.3. The molecule has 138 valence electrons. The van der Waals surface area contributed by atoms with Gasteiger partial charge in [-0.15, -0.1) is 0 Å². The summed E-state index contributed by atoms with van der Waals surface area (Å²) in [6, 6.07) is 14.6. The maximum atomic E-state index is 11.9. The van der Waals surface area contributed by atoms with Crippen LogP contribution in [0.5, 0.6) is 11.5 Å². The molecule has 4 heteroatoms. The van der Waals surface area contributed by atoms with Gasteiger partial charge < -0.3 is 9.47 Å². The van der Waals surface area contributed by atoms with Crippen molar-refractivity contribution in [3.63, 3.8) is 0 Å². The minimum Gasteiger partial charge on any atom is -0.494 e. The zero-order chi connectivity index (χ0) is 19.2. The average molecular weight is 354 g/mol. The first-order valence-electron chi connectivity index (χ1n) is 8.81. The lowest BCUT2D eigenvalue weighted by Crippen LogP contribution is -2.11. The van der Waals surface area contributed by atoms with Gasteiger partial charge >= 0.3 is 5.97 Å². The van der Waals surface area contributed by atoms with Crippen LogP contribution in [0.1, 0.15) is 56.5 Å². The number of hydrogen-bond donors (Lipinski definition) is 0. The highest BCUT2D eigenvalue weighted by molar-refractivity contribution is 5.94. The molecule has 2 rings (SSSR count). The Bertz CT molecular complexity index is 737. The monoisotopic (exact) mass is 354 g/mol. The van der Waals surface area contributed by atoms with E-state index in [1.54, 1.807) is 24.3 Å². The Morgan fingerprint density at radius 3 is 2.00 bits per heavy atom. The van der Waals surface area contributed by atoms with Crippen LogP contribution in [0.3, 0.4) is 0 Å². The number of benzene rings is 2. The van der Waals surface area contributed by atoms with E-state index in [4.69, 9.17) is 9.47 Å². The van der Waals surface area contributed by atoms with Gasteiger partial charge in [0.05, 0.1) is 6.61 Å².